The quantitative estimate of drug-likeness (QED) is 0.530. The summed E-state index contributed by atoms with van der Waals surface area (Å²) in [5, 5.41) is 0. The molecule has 5 nitrogen and oxygen atoms in total. The molecule has 0 aromatic rings. The zero-order chi connectivity index (χ0) is 13.2. The van der Waals surface area contributed by atoms with Crippen LogP contribution in [0.3, 0.4) is 0 Å². The zero-order valence-electron chi connectivity index (χ0n) is 10.5. The highest BCUT2D eigenvalue weighted by molar-refractivity contribution is 7.80. The van der Waals surface area contributed by atoms with E-state index in [1.54, 1.807) is 20.8 Å². The van der Waals surface area contributed by atoms with Gasteiger partial charge in [0.15, 0.2) is 0 Å². The number of methoxy groups -OCH3 is 1. The smallest absolute Gasteiger partial charge is 0.415 e. The van der Waals surface area contributed by atoms with Crippen molar-refractivity contribution >= 4 is 29.3 Å². The minimum Gasteiger partial charge on any atom is -0.469 e. The van der Waals surface area contributed by atoms with Crippen LogP contribution in [0.4, 0.5) is 4.79 Å². The van der Waals surface area contributed by atoms with Crippen molar-refractivity contribution in [2.75, 3.05) is 13.7 Å². The average molecular weight is 259 g/mol. The maximum absolute atomic E-state index is 11.8. The fraction of sp³-hybridized carbons (Fsp3) is 0.727. The molecule has 0 spiro atoms. The Bertz CT molecular complexity index is 348. The van der Waals surface area contributed by atoms with Crippen molar-refractivity contribution in [1.82, 2.24) is 4.90 Å². The molecule has 0 saturated carbocycles. The van der Waals surface area contributed by atoms with Crippen LogP contribution in [0.25, 0.3) is 0 Å². The molecule has 17 heavy (non-hydrogen) atoms. The Hall–Kier alpha value is -1.17. The van der Waals surface area contributed by atoms with Gasteiger partial charge in [-0.25, -0.2) is 4.79 Å². The summed E-state index contributed by atoms with van der Waals surface area (Å²) in [4.78, 5) is 24.9. The van der Waals surface area contributed by atoms with Crippen molar-refractivity contribution < 1.29 is 19.1 Å². The number of likely N-dealkylation sites (tertiary alicyclic amines) is 1. The first-order chi connectivity index (χ1) is 7.74. The summed E-state index contributed by atoms with van der Waals surface area (Å²) in [6.45, 7) is 5.58. The largest absolute Gasteiger partial charge is 0.469 e. The normalized spacial score (nSPS) is 20.4. The van der Waals surface area contributed by atoms with Crippen LogP contribution in [0.1, 0.15) is 27.2 Å². The molecule has 1 rings (SSSR count). The van der Waals surface area contributed by atoms with E-state index in [9.17, 15) is 9.59 Å². The zero-order valence-corrected chi connectivity index (χ0v) is 11.3. The lowest BCUT2D eigenvalue weighted by Gasteiger charge is -2.24. The second kappa shape index (κ2) is 5.00. The number of thiocarbonyl (C=S) groups is 1. The summed E-state index contributed by atoms with van der Waals surface area (Å²) >= 11 is 5.07. The SMILES string of the molecule is COC(=O)[C@H]1CC(=S)N(C(=O)OC(C)(C)C)C1. The first-order valence-electron chi connectivity index (χ1n) is 5.36. The number of carbonyl (C=O) groups is 2. The molecule has 0 aromatic heterocycles. The number of esters is 1. The molecule has 1 saturated heterocycles. The fourth-order valence-corrected chi connectivity index (χ4v) is 1.88. The van der Waals surface area contributed by atoms with Gasteiger partial charge in [0, 0.05) is 13.0 Å². The molecule has 0 radical (unpaired) electrons. The van der Waals surface area contributed by atoms with Gasteiger partial charge >= 0.3 is 12.1 Å². The Morgan fingerprint density at radius 2 is 2.00 bits per heavy atom. The lowest BCUT2D eigenvalue weighted by atomic mass is 10.1. The molecule has 96 valence electrons. The number of hydrogen-bond donors (Lipinski definition) is 0. The predicted molar refractivity (Wildman–Crippen MR) is 65.7 cm³/mol. The molecule has 1 amide bonds. The molecule has 0 unspecified atom stereocenters. The Kier molecular flexibility index (Phi) is 4.08. The molecule has 1 atom stereocenters. The Balaban J connectivity index is 2.65. The maximum Gasteiger partial charge on any atom is 0.415 e. The lowest BCUT2D eigenvalue weighted by Crippen LogP contribution is -2.37. The monoisotopic (exact) mass is 259 g/mol. The molecule has 6 heteroatoms. The van der Waals surface area contributed by atoms with Crippen LogP contribution in [-0.2, 0) is 14.3 Å². The second-order valence-corrected chi connectivity index (χ2v) is 5.38. The highest BCUT2D eigenvalue weighted by atomic mass is 32.1. The Labute approximate surface area is 106 Å². The first kappa shape index (κ1) is 13.9. The van der Waals surface area contributed by atoms with Crippen molar-refractivity contribution in [3.8, 4) is 0 Å². The van der Waals surface area contributed by atoms with Gasteiger partial charge in [0.2, 0.25) is 0 Å². The molecule has 0 bridgehead atoms. The number of ether oxygens (including phenoxy) is 2. The number of nitrogens with zero attached hydrogens (tertiary/aromatic N) is 1. The van der Waals surface area contributed by atoms with E-state index >= 15 is 0 Å². The molecule has 0 N–H and O–H groups in total. The number of amides is 1. The van der Waals surface area contributed by atoms with Gasteiger partial charge in [-0.05, 0) is 20.8 Å². The van der Waals surface area contributed by atoms with Gasteiger partial charge in [-0.3, -0.25) is 9.69 Å². The third-order valence-electron chi connectivity index (χ3n) is 2.27. The standard InChI is InChI=1S/C11H17NO4S/c1-11(2,3)16-10(14)12-6-7(5-8(12)17)9(13)15-4/h7H,5-6H2,1-4H3/t7-/m0/s1. The molecule has 1 heterocycles. The van der Waals surface area contributed by atoms with E-state index in [0.29, 0.717) is 11.4 Å². The molecule has 0 aliphatic carbocycles. The molecular formula is C11H17NO4S. The fourth-order valence-electron chi connectivity index (χ4n) is 1.53. The second-order valence-electron chi connectivity index (χ2n) is 4.91. The third-order valence-corrected chi connectivity index (χ3v) is 2.66. The van der Waals surface area contributed by atoms with E-state index < -0.39 is 11.7 Å². The van der Waals surface area contributed by atoms with Gasteiger partial charge in [-0.2, -0.15) is 0 Å². The van der Waals surface area contributed by atoms with Crippen molar-refractivity contribution in [2.45, 2.75) is 32.8 Å². The average Bonchev–Trinajstić information content (AvgIpc) is 2.56. The van der Waals surface area contributed by atoms with Gasteiger partial charge in [0.1, 0.15) is 5.60 Å². The van der Waals surface area contributed by atoms with Crippen LogP contribution in [0.15, 0.2) is 0 Å². The van der Waals surface area contributed by atoms with Crippen LogP contribution in [0.2, 0.25) is 0 Å². The Morgan fingerprint density at radius 1 is 1.41 bits per heavy atom. The Morgan fingerprint density at radius 3 is 2.47 bits per heavy atom. The summed E-state index contributed by atoms with van der Waals surface area (Å²) in [5.74, 6) is -0.724. The lowest BCUT2D eigenvalue weighted by molar-refractivity contribution is -0.144. The van der Waals surface area contributed by atoms with Gasteiger partial charge in [0.25, 0.3) is 0 Å². The van der Waals surface area contributed by atoms with Crippen molar-refractivity contribution in [3.63, 3.8) is 0 Å². The molecule has 0 aromatic carbocycles. The van der Waals surface area contributed by atoms with Crippen LogP contribution in [0, 0.1) is 5.92 Å². The van der Waals surface area contributed by atoms with Gasteiger partial charge < -0.3 is 9.47 Å². The van der Waals surface area contributed by atoms with Crippen molar-refractivity contribution in [1.29, 1.82) is 0 Å². The van der Waals surface area contributed by atoms with E-state index in [1.807, 2.05) is 0 Å². The van der Waals surface area contributed by atoms with Crippen molar-refractivity contribution in [3.05, 3.63) is 0 Å². The molecule has 1 fully saturated rings. The first-order valence-corrected chi connectivity index (χ1v) is 5.76. The van der Waals surface area contributed by atoms with Crippen LogP contribution in [0.5, 0.6) is 0 Å². The maximum atomic E-state index is 11.8. The molecule has 1 aliphatic heterocycles. The van der Waals surface area contributed by atoms with Gasteiger partial charge in [-0.15, -0.1) is 0 Å². The summed E-state index contributed by atoms with van der Waals surface area (Å²) in [6, 6.07) is 0. The molecular weight excluding hydrogens is 242 g/mol. The van der Waals surface area contributed by atoms with Crippen LogP contribution < -0.4 is 0 Å². The van der Waals surface area contributed by atoms with E-state index in [2.05, 4.69) is 4.74 Å². The van der Waals surface area contributed by atoms with E-state index in [-0.39, 0.29) is 18.4 Å². The highest BCUT2D eigenvalue weighted by Gasteiger charge is 2.37. The summed E-state index contributed by atoms with van der Waals surface area (Å²) < 4.78 is 9.84. The van der Waals surface area contributed by atoms with E-state index in [1.165, 1.54) is 12.0 Å². The van der Waals surface area contributed by atoms with Gasteiger partial charge in [0.05, 0.1) is 18.0 Å². The summed E-state index contributed by atoms with van der Waals surface area (Å²) in [5.41, 5.74) is -0.573. The minimum absolute atomic E-state index is 0.237. The van der Waals surface area contributed by atoms with Crippen LogP contribution >= 0.6 is 12.2 Å². The van der Waals surface area contributed by atoms with E-state index in [0.717, 1.165) is 0 Å². The minimum atomic E-state index is -0.573. The number of rotatable bonds is 1. The topological polar surface area (TPSA) is 55.8 Å². The predicted octanol–water partition coefficient (Wildman–Crippen LogP) is 1.74. The number of carbonyl (C=O) groups excluding carboxylic acids is 2. The van der Waals surface area contributed by atoms with Crippen LogP contribution in [-0.4, -0.2) is 41.2 Å². The molecule has 1 aliphatic rings. The summed E-state index contributed by atoms with van der Waals surface area (Å²) in [7, 11) is 1.32. The third kappa shape index (κ3) is 3.66. The number of hydrogen-bond acceptors (Lipinski definition) is 5. The highest BCUT2D eigenvalue weighted by Crippen LogP contribution is 2.22. The van der Waals surface area contributed by atoms with E-state index in [4.69, 9.17) is 17.0 Å². The van der Waals surface area contributed by atoms with Gasteiger partial charge in [-0.1, -0.05) is 12.2 Å². The summed E-state index contributed by atoms with van der Waals surface area (Å²) in [6.07, 6.45) is -0.143. The van der Waals surface area contributed by atoms with Crippen molar-refractivity contribution in [2.24, 2.45) is 5.92 Å².